The molecule has 2 rings (SSSR count). The first-order chi connectivity index (χ1) is 10.7. The second-order valence-electron chi connectivity index (χ2n) is 5.05. The number of benzene rings is 2. The predicted octanol–water partition coefficient (Wildman–Crippen LogP) is 2.85. The normalized spacial score (nSPS) is 10.2. The standard InChI is InChI=1S/C10H9NO2S.C5H10O2.C2H2/c11-14(12,13)10-6-5-8-3-1-2-4-9(8)7-10;1-4(2)3-5(6)7;1-2/h1-7H,(H2,11,12,13);4H,3H2,1-2H3,(H,6,7);1-2H. The maximum absolute atomic E-state index is 11.1. The van der Waals surface area contributed by atoms with E-state index in [-0.39, 0.29) is 17.2 Å². The maximum Gasteiger partial charge on any atom is 0.303 e. The fourth-order valence-electron chi connectivity index (χ4n) is 1.69. The van der Waals surface area contributed by atoms with Crippen LogP contribution in [-0.2, 0) is 14.8 Å². The topological polar surface area (TPSA) is 97.5 Å². The summed E-state index contributed by atoms with van der Waals surface area (Å²) in [4.78, 5) is 9.96. The summed E-state index contributed by atoms with van der Waals surface area (Å²) < 4.78 is 22.1. The number of fused-ring (bicyclic) bond motifs is 1. The molecule has 5 nitrogen and oxygen atoms in total. The number of hydrogen-bond donors (Lipinski definition) is 2. The van der Waals surface area contributed by atoms with Gasteiger partial charge in [-0.15, -0.1) is 12.8 Å². The number of aliphatic carboxylic acids is 1. The smallest absolute Gasteiger partial charge is 0.303 e. The van der Waals surface area contributed by atoms with Crippen LogP contribution in [-0.4, -0.2) is 19.5 Å². The van der Waals surface area contributed by atoms with Crippen molar-refractivity contribution in [1.29, 1.82) is 0 Å². The van der Waals surface area contributed by atoms with Crippen LogP contribution < -0.4 is 5.14 Å². The number of rotatable bonds is 3. The van der Waals surface area contributed by atoms with E-state index in [2.05, 4.69) is 12.8 Å². The number of terminal acetylenes is 1. The molecule has 2 aromatic rings. The van der Waals surface area contributed by atoms with Gasteiger partial charge >= 0.3 is 5.97 Å². The Morgan fingerprint density at radius 1 is 1.13 bits per heavy atom. The van der Waals surface area contributed by atoms with Crippen LogP contribution in [0.1, 0.15) is 20.3 Å². The van der Waals surface area contributed by atoms with Gasteiger partial charge in [-0.3, -0.25) is 4.79 Å². The molecule has 0 unspecified atom stereocenters. The number of sulfonamides is 1. The van der Waals surface area contributed by atoms with Crippen molar-refractivity contribution in [2.24, 2.45) is 11.1 Å². The van der Waals surface area contributed by atoms with Crippen LogP contribution in [0.3, 0.4) is 0 Å². The number of nitrogens with two attached hydrogens (primary N) is 1. The average Bonchev–Trinajstić information content (AvgIpc) is 2.47. The summed E-state index contributed by atoms with van der Waals surface area (Å²) in [7, 11) is -3.59. The molecular formula is C17H21NO4S. The molecule has 0 aromatic heterocycles. The Labute approximate surface area is 137 Å². The summed E-state index contributed by atoms with van der Waals surface area (Å²) in [5.74, 6) is -0.438. The molecule has 0 aliphatic carbocycles. The third-order valence-electron chi connectivity index (χ3n) is 2.63. The largest absolute Gasteiger partial charge is 0.481 e. The summed E-state index contributed by atoms with van der Waals surface area (Å²) in [6.07, 6.45) is 8.28. The van der Waals surface area contributed by atoms with Crippen LogP contribution in [0.25, 0.3) is 10.8 Å². The van der Waals surface area contributed by atoms with E-state index in [1.165, 1.54) is 6.07 Å². The summed E-state index contributed by atoms with van der Waals surface area (Å²) in [5.41, 5.74) is 0. The zero-order valence-corrected chi connectivity index (χ0v) is 14.0. The first-order valence-electron chi connectivity index (χ1n) is 6.77. The third-order valence-corrected chi connectivity index (χ3v) is 3.54. The number of carbonyl (C=O) groups is 1. The first kappa shape index (κ1) is 20.6. The third kappa shape index (κ3) is 8.00. The van der Waals surface area contributed by atoms with Crippen LogP contribution >= 0.6 is 0 Å². The van der Waals surface area contributed by atoms with Crippen molar-refractivity contribution in [3.05, 3.63) is 42.5 Å². The molecule has 0 saturated carbocycles. The summed E-state index contributed by atoms with van der Waals surface area (Å²) in [5, 5.41) is 15.0. The average molecular weight is 335 g/mol. The van der Waals surface area contributed by atoms with Gasteiger partial charge in [0.1, 0.15) is 0 Å². The minimum Gasteiger partial charge on any atom is -0.481 e. The molecule has 0 heterocycles. The van der Waals surface area contributed by atoms with E-state index >= 15 is 0 Å². The van der Waals surface area contributed by atoms with Gasteiger partial charge in [0.15, 0.2) is 0 Å². The fourth-order valence-corrected chi connectivity index (χ4v) is 2.24. The molecule has 0 radical (unpaired) electrons. The van der Waals surface area contributed by atoms with Gasteiger partial charge in [0.25, 0.3) is 0 Å². The molecule has 0 fully saturated rings. The Balaban J connectivity index is 0.000000460. The molecule has 0 aliphatic rings. The number of carboxylic acids is 1. The van der Waals surface area contributed by atoms with Gasteiger partial charge in [-0.2, -0.15) is 0 Å². The SMILES string of the molecule is C#C.CC(C)CC(=O)O.NS(=O)(=O)c1ccc2ccccc2c1. The van der Waals surface area contributed by atoms with Gasteiger partial charge in [0, 0.05) is 6.42 Å². The highest BCUT2D eigenvalue weighted by Gasteiger charge is 2.07. The highest BCUT2D eigenvalue weighted by Crippen LogP contribution is 2.17. The minimum atomic E-state index is -3.59. The van der Waals surface area contributed by atoms with E-state index in [1.807, 2.05) is 38.1 Å². The summed E-state index contributed by atoms with van der Waals surface area (Å²) >= 11 is 0. The van der Waals surface area contributed by atoms with E-state index in [9.17, 15) is 13.2 Å². The van der Waals surface area contributed by atoms with Crippen LogP contribution in [0.5, 0.6) is 0 Å². The fraction of sp³-hybridized carbons (Fsp3) is 0.235. The lowest BCUT2D eigenvalue weighted by Crippen LogP contribution is -2.11. The monoisotopic (exact) mass is 335 g/mol. The molecular weight excluding hydrogens is 314 g/mol. The molecule has 124 valence electrons. The van der Waals surface area contributed by atoms with Crippen molar-refractivity contribution in [1.82, 2.24) is 0 Å². The van der Waals surface area contributed by atoms with Crippen molar-refractivity contribution >= 4 is 26.8 Å². The second-order valence-corrected chi connectivity index (χ2v) is 6.61. The summed E-state index contributed by atoms with van der Waals surface area (Å²) in [6.45, 7) is 3.77. The molecule has 0 saturated heterocycles. The maximum atomic E-state index is 11.1. The van der Waals surface area contributed by atoms with Crippen molar-refractivity contribution < 1.29 is 18.3 Å². The molecule has 0 aliphatic heterocycles. The predicted molar refractivity (Wildman–Crippen MR) is 92.3 cm³/mol. The van der Waals surface area contributed by atoms with Gasteiger partial charge in [-0.25, -0.2) is 13.6 Å². The van der Waals surface area contributed by atoms with Crippen molar-refractivity contribution in [3.63, 3.8) is 0 Å². The van der Waals surface area contributed by atoms with Gasteiger partial charge in [-0.05, 0) is 28.8 Å². The quantitative estimate of drug-likeness (QED) is 0.843. The molecule has 23 heavy (non-hydrogen) atoms. The Morgan fingerprint density at radius 3 is 2.04 bits per heavy atom. The number of hydrogen-bond acceptors (Lipinski definition) is 3. The van der Waals surface area contributed by atoms with Crippen molar-refractivity contribution in [2.45, 2.75) is 25.2 Å². The zero-order chi connectivity index (χ0) is 18.0. The van der Waals surface area contributed by atoms with Gasteiger partial charge in [0.05, 0.1) is 4.90 Å². The molecule has 0 bridgehead atoms. The summed E-state index contributed by atoms with van der Waals surface area (Å²) in [6, 6.07) is 12.4. The Kier molecular flexibility index (Phi) is 8.63. The first-order valence-corrected chi connectivity index (χ1v) is 8.31. The molecule has 0 spiro atoms. The van der Waals surface area contributed by atoms with Gasteiger partial charge < -0.3 is 5.11 Å². The second kappa shape index (κ2) is 9.62. The molecule has 3 N–H and O–H groups in total. The van der Waals surface area contributed by atoms with E-state index in [1.54, 1.807) is 12.1 Å². The highest BCUT2D eigenvalue weighted by molar-refractivity contribution is 7.89. The molecule has 2 aromatic carbocycles. The molecule has 0 atom stereocenters. The number of carboxylic acid groups (broad SMARTS) is 1. The van der Waals surface area contributed by atoms with E-state index in [0.29, 0.717) is 0 Å². The van der Waals surface area contributed by atoms with Gasteiger partial charge in [-0.1, -0.05) is 44.2 Å². The highest BCUT2D eigenvalue weighted by atomic mass is 32.2. The lowest BCUT2D eigenvalue weighted by Gasteiger charge is -2.00. The Bertz CT molecular complexity index is 764. The molecule has 6 heteroatoms. The Hall–Kier alpha value is -2.36. The van der Waals surface area contributed by atoms with E-state index < -0.39 is 16.0 Å². The van der Waals surface area contributed by atoms with Gasteiger partial charge in [0.2, 0.25) is 10.0 Å². The van der Waals surface area contributed by atoms with Crippen molar-refractivity contribution in [2.75, 3.05) is 0 Å². The van der Waals surface area contributed by atoms with Crippen LogP contribution in [0.4, 0.5) is 0 Å². The lowest BCUT2D eigenvalue weighted by atomic mass is 10.1. The van der Waals surface area contributed by atoms with Crippen LogP contribution in [0, 0.1) is 18.8 Å². The molecule has 0 amide bonds. The van der Waals surface area contributed by atoms with Crippen molar-refractivity contribution in [3.8, 4) is 12.8 Å². The minimum absolute atomic E-state index is 0.149. The van der Waals surface area contributed by atoms with Crippen LogP contribution in [0.15, 0.2) is 47.4 Å². The van der Waals surface area contributed by atoms with E-state index in [0.717, 1.165) is 10.8 Å². The van der Waals surface area contributed by atoms with E-state index in [4.69, 9.17) is 10.2 Å². The Morgan fingerprint density at radius 2 is 1.65 bits per heavy atom. The lowest BCUT2D eigenvalue weighted by molar-refractivity contribution is -0.137. The number of primary sulfonamides is 1. The van der Waals surface area contributed by atoms with Crippen LogP contribution in [0.2, 0.25) is 0 Å². The zero-order valence-electron chi connectivity index (χ0n) is 13.1.